The molecule has 0 radical (unpaired) electrons. The van der Waals surface area contributed by atoms with E-state index in [-0.39, 0.29) is 11.6 Å². The minimum Gasteiger partial charge on any atom is -0.398 e. The fourth-order valence-electron chi connectivity index (χ4n) is 3.19. The van der Waals surface area contributed by atoms with Gasteiger partial charge in [-0.2, -0.15) is 4.98 Å². The van der Waals surface area contributed by atoms with Crippen LogP contribution < -0.4 is 16.6 Å². The van der Waals surface area contributed by atoms with E-state index in [4.69, 9.17) is 10.5 Å². The van der Waals surface area contributed by atoms with Gasteiger partial charge in [0, 0.05) is 37.2 Å². The highest BCUT2D eigenvalue weighted by atomic mass is 16.5. The number of hydrogen-bond acceptors (Lipinski definition) is 6. The molecule has 7 nitrogen and oxygen atoms in total. The molecule has 1 saturated heterocycles. The zero-order chi connectivity index (χ0) is 17.9. The maximum absolute atomic E-state index is 12.5. The lowest BCUT2D eigenvalue weighted by molar-refractivity contribution is 0.0903. The van der Waals surface area contributed by atoms with E-state index in [1.54, 1.807) is 10.8 Å². The van der Waals surface area contributed by atoms with Gasteiger partial charge in [0.1, 0.15) is 0 Å². The van der Waals surface area contributed by atoms with Crippen molar-refractivity contribution in [1.29, 1.82) is 0 Å². The molecule has 0 unspecified atom stereocenters. The van der Waals surface area contributed by atoms with Gasteiger partial charge in [-0.1, -0.05) is 30.3 Å². The molecule has 2 aromatic heterocycles. The monoisotopic (exact) mass is 351 g/mol. The third-order valence-electron chi connectivity index (χ3n) is 4.62. The molecule has 0 spiro atoms. The van der Waals surface area contributed by atoms with Gasteiger partial charge in [0.15, 0.2) is 5.65 Å². The van der Waals surface area contributed by atoms with E-state index in [9.17, 15) is 4.79 Å². The molecular weight excluding hydrogens is 330 g/mol. The third-order valence-corrected chi connectivity index (χ3v) is 4.62. The number of nitrogen functional groups attached to an aromatic ring is 1. The fraction of sp³-hybridized carbons (Fsp3) is 0.316. The quantitative estimate of drug-likeness (QED) is 0.747. The van der Waals surface area contributed by atoms with Gasteiger partial charge in [0.2, 0.25) is 5.95 Å². The second-order valence-corrected chi connectivity index (χ2v) is 6.47. The SMILES string of the molecule is Nc1cc(=O)n(Cc2ccccc2)c2nc(NC3CCOCC3)ncc12. The summed E-state index contributed by atoms with van der Waals surface area (Å²) in [5, 5.41) is 4.02. The summed E-state index contributed by atoms with van der Waals surface area (Å²) in [7, 11) is 0. The van der Waals surface area contributed by atoms with Gasteiger partial charge in [-0.3, -0.25) is 9.36 Å². The van der Waals surface area contributed by atoms with E-state index < -0.39 is 0 Å². The van der Waals surface area contributed by atoms with Crippen LogP contribution in [-0.4, -0.2) is 33.8 Å². The van der Waals surface area contributed by atoms with Crippen LogP contribution in [0.1, 0.15) is 18.4 Å². The Hall–Kier alpha value is -2.93. The molecule has 26 heavy (non-hydrogen) atoms. The van der Waals surface area contributed by atoms with Crippen molar-refractivity contribution in [2.45, 2.75) is 25.4 Å². The highest BCUT2D eigenvalue weighted by Crippen LogP contribution is 2.20. The van der Waals surface area contributed by atoms with Crippen LogP contribution in [0.15, 0.2) is 47.4 Å². The number of ether oxygens (including phenoxy) is 1. The average Bonchev–Trinajstić information content (AvgIpc) is 2.67. The number of anilines is 2. The molecule has 1 fully saturated rings. The van der Waals surface area contributed by atoms with Crippen LogP contribution in [0.3, 0.4) is 0 Å². The Morgan fingerprint density at radius 2 is 2.00 bits per heavy atom. The molecule has 0 bridgehead atoms. The standard InChI is InChI=1S/C19H21N5O2/c20-16-10-17(25)24(12-13-4-2-1-3-5-13)18-15(16)11-21-19(23-18)22-14-6-8-26-9-7-14/h1-5,10-11,14H,6-9,12,20H2,(H,21,22,23). The highest BCUT2D eigenvalue weighted by Gasteiger charge is 2.16. The number of nitrogens with zero attached hydrogens (tertiary/aromatic N) is 3. The van der Waals surface area contributed by atoms with Gasteiger partial charge in [0.25, 0.3) is 5.56 Å². The Morgan fingerprint density at radius 1 is 1.23 bits per heavy atom. The van der Waals surface area contributed by atoms with Crippen molar-refractivity contribution in [3.63, 3.8) is 0 Å². The number of benzene rings is 1. The van der Waals surface area contributed by atoms with Crippen molar-refractivity contribution in [3.05, 3.63) is 58.5 Å². The lowest BCUT2D eigenvalue weighted by Crippen LogP contribution is -2.29. The molecule has 0 aliphatic carbocycles. The summed E-state index contributed by atoms with van der Waals surface area (Å²) in [4.78, 5) is 21.5. The predicted molar refractivity (Wildman–Crippen MR) is 101 cm³/mol. The molecule has 1 aliphatic rings. The van der Waals surface area contributed by atoms with E-state index in [1.165, 1.54) is 6.07 Å². The molecule has 0 atom stereocenters. The fourth-order valence-corrected chi connectivity index (χ4v) is 3.19. The molecule has 4 rings (SSSR count). The van der Waals surface area contributed by atoms with E-state index in [0.29, 0.717) is 29.2 Å². The topological polar surface area (TPSA) is 95.1 Å². The van der Waals surface area contributed by atoms with Crippen molar-refractivity contribution in [2.75, 3.05) is 24.3 Å². The minimum atomic E-state index is -0.172. The molecule has 0 saturated carbocycles. The van der Waals surface area contributed by atoms with Crippen molar-refractivity contribution in [1.82, 2.24) is 14.5 Å². The number of hydrogen-bond donors (Lipinski definition) is 2. The zero-order valence-corrected chi connectivity index (χ0v) is 14.4. The second-order valence-electron chi connectivity index (χ2n) is 6.47. The van der Waals surface area contributed by atoms with E-state index >= 15 is 0 Å². The normalized spacial score (nSPS) is 15.2. The van der Waals surface area contributed by atoms with Crippen LogP contribution >= 0.6 is 0 Å². The lowest BCUT2D eigenvalue weighted by atomic mass is 10.1. The Kier molecular flexibility index (Phi) is 4.53. The molecule has 0 amide bonds. The van der Waals surface area contributed by atoms with Crippen LogP contribution in [0, 0.1) is 0 Å². The molecule has 3 heterocycles. The van der Waals surface area contributed by atoms with Crippen molar-refractivity contribution in [3.8, 4) is 0 Å². The van der Waals surface area contributed by atoms with E-state index in [2.05, 4.69) is 15.3 Å². The van der Waals surface area contributed by atoms with Crippen LogP contribution in [0.5, 0.6) is 0 Å². The summed E-state index contributed by atoms with van der Waals surface area (Å²) < 4.78 is 7.02. The van der Waals surface area contributed by atoms with Crippen LogP contribution in [0.2, 0.25) is 0 Å². The Morgan fingerprint density at radius 3 is 2.77 bits per heavy atom. The molecule has 7 heteroatoms. The first kappa shape index (κ1) is 16.5. The average molecular weight is 351 g/mol. The maximum Gasteiger partial charge on any atom is 0.254 e. The van der Waals surface area contributed by atoms with Crippen molar-refractivity contribution < 1.29 is 4.74 Å². The van der Waals surface area contributed by atoms with Crippen LogP contribution in [0.25, 0.3) is 11.0 Å². The smallest absolute Gasteiger partial charge is 0.254 e. The molecule has 1 aromatic carbocycles. The van der Waals surface area contributed by atoms with Gasteiger partial charge < -0.3 is 15.8 Å². The van der Waals surface area contributed by atoms with Gasteiger partial charge in [-0.15, -0.1) is 0 Å². The Labute approximate surface area is 150 Å². The number of pyridine rings is 1. The molecule has 3 N–H and O–H groups in total. The minimum absolute atomic E-state index is 0.172. The summed E-state index contributed by atoms with van der Waals surface area (Å²) in [6.45, 7) is 1.90. The van der Waals surface area contributed by atoms with E-state index in [0.717, 1.165) is 31.6 Å². The summed E-state index contributed by atoms with van der Waals surface area (Å²) in [5.74, 6) is 0.510. The largest absolute Gasteiger partial charge is 0.398 e. The Bertz CT molecular complexity index is 965. The first-order valence-electron chi connectivity index (χ1n) is 8.75. The van der Waals surface area contributed by atoms with Crippen LogP contribution in [-0.2, 0) is 11.3 Å². The predicted octanol–water partition coefficient (Wildman–Crippen LogP) is 2.01. The van der Waals surface area contributed by atoms with Crippen molar-refractivity contribution in [2.24, 2.45) is 0 Å². The first-order valence-corrected chi connectivity index (χ1v) is 8.75. The summed E-state index contributed by atoms with van der Waals surface area (Å²) >= 11 is 0. The second kappa shape index (κ2) is 7.13. The van der Waals surface area contributed by atoms with Crippen LogP contribution in [0.4, 0.5) is 11.6 Å². The first-order chi connectivity index (χ1) is 12.7. The molecule has 134 valence electrons. The maximum atomic E-state index is 12.5. The van der Waals surface area contributed by atoms with Crippen molar-refractivity contribution >= 4 is 22.7 Å². The third kappa shape index (κ3) is 3.39. The lowest BCUT2D eigenvalue weighted by Gasteiger charge is -2.23. The highest BCUT2D eigenvalue weighted by molar-refractivity contribution is 5.87. The van der Waals surface area contributed by atoms with Gasteiger partial charge in [-0.25, -0.2) is 4.98 Å². The number of fused-ring (bicyclic) bond motifs is 1. The molecule has 1 aliphatic heterocycles. The van der Waals surface area contributed by atoms with Gasteiger partial charge in [0.05, 0.1) is 11.9 Å². The summed E-state index contributed by atoms with van der Waals surface area (Å²) in [6.07, 6.45) is 3.50. The number of nitrogens with two attached hydrogens (primary N) is 1. The number of rotatable bonds is 4. The van der Waals surface area contributed by atoms with E-state index in [1.807, 2.05) is 30.3 Å². The van der Waals surface area contributed by atoms with Gasteiger partial charge in [-0.05, 0) is 18.4 Å². The summed E-state index contributed by atoms with van der Waals surface area (Å²) in [6, 6.07) is 11.5. The summed E-state index contributed by atoms with van der Waals surface area (Å²) in [5.41, 5.74) is 7.82. The number of aromatic nitrogens is 3. The number of nitrogens with one attached hydrogen (secondary N) is 1. The Balaban J connectivity index is 1.74. The molecule has 3 aromatic rings. The van der Waals surface area contributed by atoms with Gasteiger partial charge >= 0.3 is 0 Å². The zero-order valence-electron chi connectivity index (χ0n) is 14.4. The molecular formula is C19H21N5O2.